The number of benzene rings is 2. The molecule has 2 aliphatic heterocycles. The van der Waals surface area contributed by atoms with Crippen molar-refractivity contribution in [3.8, 4) is 11.5 Å². The number of nitrogens with zero attached hydrogens (tertiary/aromatic N) is 1. The van der Waals surface area contributed by atoms with Crippen LogP contribution >= 0.6 is 0 Å². The molecule has 0 aliphatic carbocycles. The first-order valence-corrected chi connectivity index (χ1v) is 10.8. The lowest BCUT2D eigenvalue weighted by molar-refractivity contribution is 0.0735. The van der Waals surface area contributed by atoms with Crippen LogP contribution in [0.4, 0.5) is 0 Å². The zero-order valence-corrected chi connectivity index (χ0v) is 16.8. The van der Waals surface area contributed by atoms with E-state index in [-0.39, 0.29) is 16.8 Å². The number of amides is 1. The van der Waals surface area contributed by atoms with Gasteiger partial charge in [-0.3, -0.25) is 9.63 Å². The van der Waals surface area contributed by atoms with Crippen molar-refractivity contribution in [1.82, 2.24) is 9.79 Å². The molecule has 1 fully saturated rings. The van der Waals surface area contributed by atoms with E-state index < -0.39 is 10.0 Å². The van der Waals surface area contributed by atoms with Crippen molar-refractivity contribution >= 4 is 15.9 Å². The second kappa shape index (κ2) is 8.02. The number of nitrogens with one attached hydrogen (secondary N) is 1. The maximum Gasteiger partial charge on any atom is 0.262 e. The highest BCUT2D eigenvalue weighted by Crippen LogP contribution is 2.38. The predicted octanol–water partition coefficient (Wildman–Crippen LogP) is 2.27. The number of hydrogen-bond acceptors (Lipinski definition) is 6. The normalized spacial score (nSPS) is 18.7. The third-order valence-corrected chi connectivity index (χ3v) is 6.35. The Bertz CT molecular complexity index is 1010. The van der Waals surface area contributed by atoms with Gasteiger partial charge >= 0.3 is 0 Å². The minimum absolute atomic E-state index is 0.0284. The molecule has 1 saturated heterocycles. The Morgan fingerprint density at radius 3 is 2.55 bits per heavy atom. The van der Waals surface area contributed by atoms with Crippen LogP contribution in [0.25, 0.3) is 0 Å². The monoisotopic (exact) mass is 418 g/mol. The van der Waals surface area contributed by atoms with Crippen LogP contribution in [0.5, 0.6) is 11.5 Å². The summed E-state index contributed by atoms with van der Waals surface area (Å²) in [5.74, 6) is 1.29. The fraction of sp³-hybridized carbons (Fsp3) is 0.350. The fourth-order valence-electron chi connectivity index (χ4n) is 3.72. The number of carbonyl (C=O) groups excluding carboxylic acids is 1. The first-order valence-electron chi connectivity index (χ1n) is 9.35. The molecular weight excluding hydrogens is 396 g/mol. The van der Waals surface area contributed by atoms with Gasteiger partial charge in [0.2, 0.25) is 0 Å². The average molecular weight is 418 g/mol. The zero-order valence-electron chi connectivity index (χ0n) is 16.0. The first kappa shape index (κ1) is 19.7. The van der Waals surface area contributed by atoms with Crippen molar-refractivity contribution in [3.05, 3.63) is 53.6 Å². The molecule has 0 spiro atoms. The minimum atomic E-state index is -3.76. The Morgan fingerprint density at radius 1 is 1.10 bits per heavy atom. The molecule has 9 heteroatoms. The number of likely N-dealkylation sites (tertiary alicyclic amines) is 1. The number of sulfonamides is 1. The van der Waals surface area contributed by atoms with Crippen molar-refractivity contribution in [2.45, 2.75) is 23.8 Å². The van der Waals surface area contributed by atoms with Gasteiger partial charge in [0, 0.05) is 12.1 Å². The zero-order chi connectivity index (χ0) is 20.4. The van der Waals surface area contributed by atoms with Gasteiger partial charge < -0.3 is 14.4 Å². The van der Waals surface area contributed by atoms with E-state index in [0.29, 0.717) is 31.1 Å². The third-order valence-electron chi connectivity index (χ3n) is 5.07. The SMILES string of the molecule is CONS(=O)(=O)c1ccc(C(=O)N2CCCC2c2ccc3c(c2)OCCO3)cc1. The second-order valence-corrected chi connectivity index (χ2v) is 8.52. The van der Waals surface area contributed by atoms with Crippen LogP contribution in [0.1, 0.15) is 34.8 Å². The van der Waals surface area contributed by atoms with Crippen LogP contribution in [0, 0.1) is 0 Å². The van der Waals surface area contributed by atoms with Crippen molar-refractivity contribution in [3.63, 3.8) is 0 Å². The van der Waals surface area contributed by atoms with E-state index in [0.717, 1.165) is 24.2 Å². The van der Waals surface area contributed by atoms with Crippen LogP contribution < -0.4 is 14.4 Å². The minimum Gasteiger partial charge on any atom is -0.486 e. The Morgan fingerprint density at radius 2 is 1.83 bits per heavy atom. The molecular formula is C20H22N2O6S. The summed E-state index contributed by atoms with van der Waals surface area (Å²) in [5, 5.41) is 0. The van der Waals surface area contributed by atoms with E-state index in [2.05, 4.69) is 4.84 Å². The van der Waals surface area contributed by atoms with Crippen LogP contribution in [0.2, 0.25) is 0 Å². The number of ether oxygens (including phenoxy) is 2. The molecule has 2 aromatic rings. The van der Waals surface area contributed by atoms with Gasteiger partial charge in [-0.15, -0.1) is 0 Å². The molecule has 8 nitrogen and oxygen atoms in total. The van der Waals surface area contributed by atoms with Crippen LogP contribution in [0.3, 0.4) is 0 Å². The molecule has 1 amide bonds. The van der Waals surface area contributed by atoms with Crippen LogP contribution in [-0.4, -0.2) is 46.1 Å². The summed E-state index contributed by atoms with van der Waals surface area (Å²) >= 11 is 0. The number of carbonyl (C=O) groups is 1. The lowest BCUT2D eigenvalue weighted by Crippen LogP contribution is -2.30. The summed E-state index contributed by atoms with van der Waals surface area (Å²) in [6.45, 7) is 1.69. The molecule has 2 aliphatic rings. The molecule has 29 heavy (non-hydrogen) atoms. The van der Waals surface area contributed by atoms with Crippen molar-refractivity contribution in [2.75, 3.05) is 26.9 Å². The standard InChI is InChI=1S/C20H22N2O6S/c1-26-21-29(24,25)16-7-4-14(5-8-16)20(23)22-10-2-3-17(22)15-6-9-18-19(13-15)28-12-11-27-18/h4-9,13,17,21H,2-3,10-12H2,1H3. The second-order valence-electron chi connectivity index (χ2n) is 6.87. The lowest BCUT2D eigenvalue weighted by atomic mass is 10.0. The van der Waals surface area contributed by atoms with E-state index in [4.69, 9.17) is 9.47 Å². The van der Waals surface area contributed by atoms with E-state index in [1.807, 2.05) is 28.0 Å². The highest BCUT2D eigenvalue weighted by Gasteiger charge is 2.31. The van der Waals surface area contributed by atoms with Gasteiger partial charge in [0.15, 0.2) is 11.5 Å². The molecule has 0 bridgehead atoms. The fourth-order valence-corrected chi connectivity index (χ4v) is 4.53. The molecule has 2 heterocycles. The molecule has 0 saturated carbocycles. The van der Waals surface area contributed by atoms with Crippen LogP contribution in [-0.2, 0) is 14.9 Å². The van der Waals surface area contributed by atoms with Gasteiger partial charge in [0.05, 0.1) is 18.0 Å². The predicted molar refractivity (Wildman–Crippen MR) is 104 cm³/mol. The van der Waals surface area contributed by atoms with E-state index in [1.165, 1.54) is 31.4 Å². The Balaban J connectivity index is 1.55. The number of hydrogen-bond donors (Lipinski definition) is 1. The molecule has 4 rings (SSSR count). The summed E-state index contributed by atoms with van der Waals surface area (Å²) in [6, 6.07) is 11.6. The van der Waals surface area contributed by atoms with E-state index >= 15 is 0 Å². The molecule has 2 aromatic carbocycles. The molecule has 0 aromatic heterocycles. The number of fused-ring (bicyclic) bond motifs is 1. The van der Waals surface area contributed by atoms with Gasteiger partial charge in [-0.1, -0.05) is 11.0 Å². The van der Waals surface area contributed by atoms with Gasteiger partial charge in [-0.2, -0.15) is 0 Å². The lowest BCUT2D eigenvalue weighted by Gasteiger charge is -2.27. The summed E-state index contributed by atoms with van der Waals surface area (Å²) in [7, 11) is -2.53. The largest absolute Gasteiger partial charge is 0.486 e. The molecule has 1 N–H and O–H groups in total. The maximum atomic E-state index is 13.1. The smallest absolute Gasteiger partial charge is 0.262 e. The van der Waals surface area contributed by atoms with Gasteiger partial charge in [0.1, 0.15) is 13.2 Å². The van der Waals surface area contributed by atoms with Gasteiger partial charge in [-0.25, -0.2) is 8.42 Å². The highest BCUT2D eigenvalue weighted by molar-refractivity contribution is 7.89. The number of rotatable bonds is 5. The maximum absolute atomic E-state index is 13.1. The molecule has 154 valence electrons. The van der Waals surface area contributed by atoms with Gasteiger partial charge in [0.25, 0.3) is 15.9 Å². The average Bonchev–Trinajstić information content (AvgIpc) is 3.23. The van der Waals surface area contributed by atoms with Crippen molar-refractivity contribution in [2.24, 2.45) is 0 Å². The van der Waals surface area contributed by atoms with E-state index in [1.54, 1.807) is 0 Å². The molecule has 0 radical (unpaired) electrons. The Kier molecular flexibility index (Phi) is 5.44. The summed E-state index contributed by atoms with van der Waals surface area (Å²) in [5.41, 5.74) is 1.44. The molecule has 1 atom stereocenters. The Hall–Kier alpha value is -2.62. The highest BCUT2D eigenvalue weighted by atomic mass is 32.2. The summed E-state index contributed by atoms with van der Waals surface area (Å²) in [4.78, 5) is 21.4. The Labute approximate surface area is 169 Å². The van der Waals surface area contributed by atoms with Crippen molar-refractivity contribution in [1.29, 1.82) is 0 Å². The summed E-state index contributed by atoms with van der Waals surface area (Å²) in [6.07, 6.45) is 1.75. The van der Waals surface area contributed by atoms with E-state index in [9.17, 15) is 13.2 Å². The first-order chi connectivity index (χ1) is 14.0. The van der Waals surface area contributed by atoms with Crippen molar-refractivity contribution < 1.29 is 27.5 Å². The quantitative estimate of drug-likeness (QED) is 0.749. The van der Waals surface area contributed by atoms with Crippen LogP contribution in [0.15, 0.2) is 47.4 Å². The molecule has 1 unspecified atom stereocenters. The topological polar surface area (TPSA) is 94.2 Å². The van der Waals surface area contributed by atoms with Gasteiger partial charge in [-0.05, 0) is 54.8 Å². The summed E-state index contributed by atoms with van der Waals surface area (Å²) < 4.78 is 35.2. The third kappa shape index (κ3) is 3.93.